The zero-order chi connectivity index (χ0) is 17.1. The molecule has 138 valence electrons. The predicted molar refractivity (Wildman–Crippen MR) is 106 cm³/mol. The minimum atomic E-state index is 0. The van der Waals surface area contributed by atoms with Crippen molar-refractivity contribution < 1.29 is 9.53 Å². The van der Waals surface area contributed by atoms with Gasteiger partial charge < -0.3 is 15.4 Å². The molecule has 2 fully saturated rings. The smallest absolute Gasteiger partial charge is 0.224 e. The Morgan fingerprint density at radius 2 is 1.58 bits per heavy atom. The van der Waals surface area contributed by atoms with Gasteiger partial charge in [0, 0.05) is 24.2 Å². The summed E-state index contributed by atoms with van der Waals surface area (Å²) in [5.41, 5.74) is 0.822. The number of hydrogen-bond donors (Lipinski definition) is 2. The SMILES string of the molecule is Cl.O=C(CC1CC2CCC(C1)N2)Nc1ccc(Oc2ccccc2)cc1. The lowest BCUT2D eigenvalue weighted by Gasteiger charge is -2.28. The Morgan fingerprint density at radius 1 is 0.962 bits per heavy atom. The number of halogens is 1. The molecule has 5 heteroatoms. The van der Waals surface area contributed by atoms with Gasteiger partial charge in [0.1, 0.15) is 11.5 Å². The predicted octanol–water partition coefficient (Wildman–Crippen LogP) is 4.76. The molecule has 1 amide bonds. The number of fused-ring (bicyclic) bond motifs is 2. The van der Waals surface area contributed by atoms with Gasteiger partial charge in [0.2, 0.25) is 5.91 Å². The number of para-hydroxylation sites is 1. The fourth-order valence-corrected chi connectivity index (χ4v) is 4.05. The van der Waals surface area contributed by atoms with Crippen LogP contribution in [-0.2, 0) is 4.79 Å². The maximum Gasteiger partial charge on any atom is 0.224 e. The second kappa shape index (κ2) is 8.56. The maximum atomic E-state index is 12.3. The lowest BCUT2D eigenvalue weighted by atomic mass is 9.89. The molecule has 2 atom stereocenters. The summed E-state index contributed by atoms with van der Waals surface area (Å²) < 4.78 is 5.77. The molecule has 2 aliphatic heterocycles. The van der Waals surface area contributed by atoms with Gasteiger partial charge in [0.15, 0.2) is 0 Å². The molecule has 2 aromatic rings. The third-order valence-corrected chi connectivity index (χ3v) is 5.16. The Morgan fingerprint density at radius 3 is 2.23 bits per heavy atom. The molecular formula is C21H25ClN2O2. The second-order valence-corrected chi connectivity index (χ2v) is 7.17. The summed E-state index contributed by atoms with van der Waals surface area (Å²) in [5.74, 6) is 2.20. The topological polar surface area (TPSA) is 50.4 Å². The summed E-state index contributed by atoms with van der Waals surface area (Å²) in [5, 5.41) is 6.64. The first-order chi connectivity index (χ1) is 12.2. The molecule has 0 aromatic heterocycles. The Hall–Kier alpha value is -2.04. The third kappa shape index (κ3) is 4.77. The molecule has 2 bridgehead atoms. The van der Waals surface area contributed by atoms with E-state index in [1.807, 2.05) is 54.6 Å². The minimum absolute atomic E-state index is 0. The molecule has 2 heterocycles. The van der Waals surface area contributed by atoms with Crippen LogP contribution >= 0.6 is 12.4 Å². The van der Waals surface area contributed by atoms with Crippen molar-refractivity contribution in [2.24, 2.45) is 5.92 Å². The number of ether oxygens (including phenoxy) is 1. The standard InChI is InChI=1S/C21H24N2O2.ClH/c24-21(14-15-12-17-6-7-18(13-15)22-17)23-16-8-10-20(11-9-16)25-19-4-2-1-3-5-19;/h1-5,8-11,15,17-18,22H,6-7,12-14H2,(H,23,24);1H. The van der Waals surface area contributed by atoms with Crippen LogP contribution in [-0.4, -0.2) is 18.0 Å². The van der Waals surface area contributed by atoms with Crippen LogP contribution in [0, 0.1) is 5.92 Å². The molecule has 4 nitrogen and oxygen atoms in total. The van der Waals surface area contributed by atoms with Crippen molar-refractivity contribution in [3.8, 4) is 11.5 Å². The number of carbonyl (C=O) groups is 1. The Labute approximate surface area is 160 Å². The summed E-state index contributed by atoms with van der Waals surface area (Å²) in [6.07, 6.45) is 5.43. The highest BCUT2D eigenvalue weighted by molar-refractivity contribution is 5.90. The lowest BCUT2D eigenvalue weighted by molar-refractivity contribution is -0.117. The van der Waals surface area contributed by atoms with Gasteiger partial charge in [0.25, 0.3) is 0 Å². The van der Waals surface area contributed by atoms with Crippen LogP contribution in [0.25, 0.3) is 0 Å². The summed E-state index contributed by atoms with van der Waals surface area (Å²) >= 11 is 0. The quantitative estimate of drug-likeness (QED) is 0.795. The van der Waals surface area contributed by atoms with Crippen LogP contribution in [0.1, 0.15) is 32.1 Å². The van der Waals surface area contributed by atoms with Crippen LogP contribution in [0.2, 0.25) is 0 Å². The van der Waals surface area contributed by atoms with E-state index in [9.17, 15) is 4.79 Å². The van der Waals surface area contributed by atoms with Crippen molar-refractivity contribution in [2.75, 3.05) is 5.32 Å². The second-order valence-electron chi connectivity index (χ2n) is 7.17. The van der Waals surface area contributed by atoms with Crippen molar-refractivity contribution in [3.05, 3.63) is 54.6 Å². The molecule has 2 saturated heterocycles. The zero-order valence-corrected chi connectivity index (χ0v) is 15.5. The number of nitrogens with one attached hydrogen (secondary N) is 2. The highest BCUT2D eigenvalue weighted by Crippen LogP contribution is 2.33. The summed E-state index contributed by atoms with van der Waals surface area (Å²) in [4.78, 5) is 12.3. The van der Waals surface area contributed by atoms with E-state index < -0.39 is 0 Å². The van der Waals surface area contributed by atoms with Gasteiger partial charge in [-0.1, -0.05) is 18.2 Å². The molecular weight excluding hydrogens is 348 g/mol. The van der Waals surface area contributed by atoms with Crippen LogP contribution in [0.15, 0.2) is 54.6 Å². The van der Waals surface area contributed by atoms with Crippen LogP contribution in [0.5, 0.6) is 11.5 Å². The normalized spacial score (nSPS) is 23.8. The molecule has 2 unspecified atom stereocenters. The van der Waals surface area contributed by atoms with E-state index in [0.717, 1.165) is 30.0 Å². The Kier molecular flexibility index (Phi) is 6.17. The van der Waals surface area contributed by atoms with Gasteiger partial charge in [-0.15, -0.1) is 12.4 Å². The first-order valence-electron chi connectivity index (χ1n) is 9.13. The molecule has 4 rings (SSSR count). The highest BCUT2D eigenvalue weighted by Gasteiger charge is 2.34. The summed E-state index contributed by atoms with van der Waals surface area (Å²) in [7, 11) is 0. The monoisotopic (exact) mass is 372 g/mol. The van der Waals surface area contributed by atoms with E-state index in [-0.39, 0.29) is 18.3 Å². The molecule has 0 saturated carbocycles. The zero-order valence-electron chi connectivity index (χ0n) is 14.7. The Balaban J connectivity index is 0.00000196. The summed E-state index contributed by atoms with van der Waals surface area (Å²) in [6.45, 7) is 0. The fraction of sp³-hybridized carbons (Fsp3) is 0.381. The van der Waals surface area contributed by atoms with E-state index in [1.165, 1.54) is 12.8 Å². The van der Waals surface area contributed by atoms with Crippen molar-refractivity contribution in [1.29, 1.82) is 0 Å². The lowest BCUT2D eigenvalue weighted by Crippen LogP contribution is -2.39. The van der Waals surface area contributed by atoms with Crippen LogP contribution < -0.4 is 15.4 Å². The molecule has 2 aliphatic rings. The minimum Gasteiger partial charge on any atom is -0.457 e. The number of amides is 1. The van der Waals surface area contributed by atoms with Crippen molar-refractivity contribution >= 4 is 24.0 Å². The average Bonchev–Trinajstić information content (AvgIpc) is 2.96. The largest absolute Gasteiger partial charge is 0.457 e. The average molecular weight is 373 g/mol. The number of hydrogen-bond acceptors (Lipinski definition) is 3. The van der Waals surface area contributed by atoms with E-state index in [0.29, 0.717) is 24.4 Å². The molecule has 0 spiro atoms. The van der Waals surface area contributed by atoms with Crippen LogP contribution in [0.3, 0.4) is 0 Å². The number of piperidine rings is 1. The van der Waals surface area contributed by atoms with Crippen molar-refractivity contribution in [2.45, 2.75) is 44.2 Å². The molecule has 2 N–H and O–H groups in total. The van der Waals surface area contributed by atoms with Gasteiger partial charge in [-0.25, -0.2) is 0 Å². The maximum absolute atomic E-state index is 12.3. The molecule has 2 aromatic carbocycles. The van der Waals surface area contributed by atoms with E-state index in [4.69, 9.17) is 4.74 Å². The molecule has 0 radical (unpaired) electrons. The van der Waals surface area contributed by atoms with Gasteiger partial charge in [-0.3, -0.25) is 4.79 Å². The van der Waals surface area contributed by atoms with Gasteiger partial charge in [-0.05, 0) is 68.0 Å². The summed E-state index contributed by atoms with van der Waals surface area (Å²) in [6, 6.07) is 18.5. The van der Waals surface area contributed by atoms with Gasteiger partial charge in [-0.2, -0.15) is 0 Å². The van der Waals surface area contributed by atoms with Crippen LogP contribution in [0.4, 0.5) is 5.69 Å². The van der Waals surface area contributed by atoms with E-state index in [1.54, 1.807) is 0 Å². The molecule has 0 aliphatic carbocycles. The third-order valence-electron chi connectivity index (χ3n) is 5.16. The first-order valence-corrected chi connectivity index (χ1v) is 9.13. The number of benzene rings is 2. The fourth-order valence-electron chi connectivity index (χ4n) is 4.05. The first kappa shape index (κ1) is 18.7. The highest BCUT2D eigenvalue weighted by atomic mass is 35.5. The molecule has 26 heavy (non-hydrogen) atoms. The number of anilines is 1. The number of carbonyl (C=O) groups excluding carboxylic acids is 1. The van der Waals surface area contributed by atoms with Gasteiger partial charge >= 0.3 is 0 Å². The Bertz CT molecular complexity index is 709. The van der Waals surface area contributed by atoms with Crippen molar-refractivity contribution in [1.82, 2.24) is 5.32 Å². The van der Waals surface area contributed by atoms with E-state index >= 15 is 0 Å². The number of rotatable bonds is 5. The van der Waals surface area contributed by atoms with Gasteiger partial charge in [0.05, 0.1) is 0 Å². The van der Waals surface area contributed by atoms with Crippen molar-refractivity contribution in [3.63, 3.8) is 0 Å². The van der Waals surface area contributed by atoms with E-state index in [2.05, 4.69) is 10.6 Å².